The third-order valence-electron chi connectivity index (χ3n) is 5.03. The van der Waals surface area contributed by atoms with Crippen molar-refractivity contribution in [2.75, 3.05) is 13.2 Å². The molecule has 0 unspecified atom stereocenters. The van der Waals surface area contributed by atoms with Crippen molar-refractivity contribution < 1.29 is 28.2 Å². The summed E-state index contributed by atoms with van der Waals surface area (Å²) in [5.74, 6) is -0.753. The summed E-state index contributed by atoms with van der Waals surface area (Å²) in [6.45, 7) is 8.86. The van der Waals surface area contributed by atoms with Gasteiger partial charge in [-0.15, -0.1) is 0 Å². The molecule has 0 amide bonds. The van der Waals surface area contributed by atoms with E-state index in [1.54, 1.807) is 25.1 Å². The monoisotopic (exact) mass is 498 g/mol. The molecule has 188 valence electrons. The number of hydrogen-bond donors (Lipinski definition) is 0. The first-order chi connectivity index (χ1) is 17.8. The number of hydrogen-bond acceptors (Lipinski definition) is 5. The lowest BCUT2D eigenvalue weighted by Gasteiger charge is -2.07. The van der Waals surface area contributed by atoms with Crippen molar-refractivity contribution in [2.45, 2.75) is 6.92 Å². The van der Waals surface area contributed by atoms with Gasteiger partial charge in [-0.3, -0.25) is 0 Å². The SMILES string of the molecule is C=CC(=O)Oc1ccc(/C=C/c2ccc(/C=C/c3ccc(OCCOC(=O)C(=C)C)cc3)cc2)c(F)c1. The Bertz CT molecular complexity index is 1320. The molecule has 0 spiro atoms. The Morgan fingerprint density at radius 3 is 1.89 bits per heavy atom. The zero-order valence-corrected chi connectivity index (χ0v) is 20.5. The van der Waals surface area contributed by atoms with Gasteiger partial charge >= 0.3 is 11.9 Å². The van der Waals surface area contributed by atoms with Crippen LogP contribution in [0.25, 0.3) is 24.3 Å². The fraction of sp³-hybridized carbons (Fsp3) is 0.0968. The standard InChI is InChI=1S/C31H27FO5/c1-4-30(33)37-28-18-15-26(29(32)21-28)14-11-24-8-5-23(6-9-24)7-10-25-12-16-27(17-13-25)35-19-20-36-31(34)22(2)3/h4-18,21H,1-2,19-20H2,3H3/b10-7+,14-11+. The second-order valence-corrected chi connectivity index (χ2v) is 7.98. The molecule has 5 nitrogen and oxygen atoms in total. The Kier molecular flexibility index (Phi) is 9.74. The molecular formula is C31H27FO5. The third kappa shape index (κ3) is 8.78. The number of esters is 2. The first-order valence-corrected chi connectivity index (χ1v) is 11.5. The van der Waals surface area contributed by atoms with Crippen LogP contribution < -0.4 is 9.47 Å². The second kappa shape index (κ2) is 13.4. The number of rotatable bonds is 11. The smallest absolute Gasteiger partial charge is 0.335 e. The molecule has 0 bridgehead atoms. The van der Waals surface area contributed by atoms with Crippen LogP contribution in [0.1, 0.15) is 29.2 Å². The molecule has 0 heterocycles. The number of carbonyl (C=O) groups excluding carboxylic acids is 2. The second-order valence-electron chi connectivity index (χ2n) is 7.98. The minimum absolute atomic E-state index is 0.125. The largest absolute Gasteiger partial charge is 0.490 e. The molecule has 6 heteroatoms. The quantitative estimate of drug-likeness (QED) is 0.0961. The summed E-state index contributed by atoms with van der Waals surface area (Å²) in [4.78, 5) is 22.6. The van der Waals surface area contributed by atoms with Crippen LogP contribution in [-0.4, -0.2) is 25.2 Å². The van der Waals surface area contributed by atoms with Gasteiger partial charge in [-0.1, -0.05) is 73.9 Å². The van der Waals surface area contributed by atoms with Crippen molar-refractivity contribution in [3.05, 3.63) is 120 Å². The highest BCUT2D eigenvalue weighted by Gasteiger charge is 2.05. The summed E-state index contributed by atoms with van der Waals surface area (Å²) >= 11 is 0. The van der Waals surface area contributed by atoms with Crippen molar-refractivity contribution in [1.82, 2.24) is 0 Å². The van der Waals surface area contributed by atoms with E-state index in [1.165, 1.54) is 6.07 Å². The zero-order chi connectivity index (χ0) is 26.6. The lowest BCUT2D eigenvalue weighted by molar-refractivity contribution is -0.139. The van der Waals surface area contributed by atoms with Crippen molar-refractivity contribution in [2.24, 2.45) is 0 Å². The number of ether oxygens (including phenoxy) is 3. The maximum Gasteiger partial charge on any atom is 0.335 e. The molecule has 0 aliphatic heterocycles. The molecule has 37 heavy (non-hydrogen) atoms. The van der Waals surface area contributed by atoms with Crippen LogP contribution in [0.15, 0.2) is 91.5 Å². The highest BCUT2D eigenvalue weighted by atomic mass is 19.1. The lowest BCUT2D eigenvalue weighted by atomic mass is 10.1. The molecule has 0 radical (unpaired) electrons. The highest BCUT2D eigenvalue weighted by molar-refractivity contribution is 5.87. The van der Waals surface area contributed by atoms with E-state index in [1.807, 2.05) is 60.7 Å². The lowest BCUT2D eigenvalue weighted by Crippen LogP contribution is -2.12. The predicted molar refractivity (Wildman–Crippen MR) is 144 cm³/mol. The van der Waals surface area contributed by atoms with Crippen molar-refractivity contribution in [3.63, 3.8) is 0 Å². The first kappa shape index (κ1) is 26.9. The Morgan fingerprint density at radius 1 is 0.811 bits per heavy atom. The van der Waals surface area contributed by atoms with Gasteiger partial charge < -0.3 is 14.2 Å². The van der Waals surface area contributed by atoms with E-state index in [0.29, 0.717) is 16.9 Å². The Hall–Kier alpha value is -4.71. The minimum atomic E-state index is -0.640. The average Bonchev–Trinajstić information content (AvgIpc) is 2.90. The fourth-order valence-electron chi connectivity index (χ4n) is 3.05. The van der Waals surface area contributed by atoms with Gasteiger partial charge in [0.2, 0.25) is 0 Å². The fourth-order valence-corrected chi connectivity index (χ4v) is 3.05. The van der Waals surface area contributed by atoms with Gasteiger partial charge in [-0.2, -0.15) is 0 Å². The highest BCUT2D eigenvalue weighted by Crippen LogP contribution is 2.20. The van der Waals surface area contributed by atoms with Gasteiger partial charge in [0.25, 0.3) is 0 Å². The van der Waals surface area contributed by atoms with Crippen LogP contribution >= 0.6 is 0 Å². The van der Waals surface area contributed by atoms with E-state index in [0.717, 1.165) is 28.8 Å². The van der Waals surface area contributed by atoms with Gasteiger partial charge in [0.1, 0.15) is 30.5 Å². The predicted octanol–water partition coefficient (Wildman–Crippen LogP) is 6.76. The zero-order valence-electron chi connectivity index (χ0n) is 20.5. The van der Waals surface area contributed by atoms with Crippen LogP contribution in [0.3, 0.4) is 0 Å². The maximum absolute atomic E-state index is 14.3. The van der Waals surface area contributed by atoms with Crippen LogP contribution in [0.4, 0.5) is 4.39 Å². The first-order valence-electron chi connectivity index (χ1n) is 11.5. The van der Waals surface area contributed by atoms with Gasteiger partial charge in [0.15, 0.2) is 0 Å². The van der Waals surface area contributed by atoms with E-state index >= 15 is 0 Å². The van der Waals surface area contributed by atoms with E-state index in [4.69, 9.17) is 14.2 Å². The topological polar surface area (TPSA) is 61.8 Å². The van der Waals surface area contributed by atoms with Crippen LogP contribution in [0.2, 0.25) is 0 Å². The Morgan fingerprint density at radius 2 is 1.35 bits per heavy atom. The van der Waals surface area contributed by atoms with E-state index in [2.05, 4.69) is 13.2 Å². The molecule has 0 saturated heterocycles. The molecule has 0 N–H and O–H groups in total. The van der Waals surface area contributed by atoms with E-state index in [-0.39, 0.29) is 19.0 Å². The van der Waals surface area contributed by atoms with Crippen LogP contribution in [0, 0.1) is 5.82 Å². The summed E-state index contributed by atoms with van der Waals surface area (Å²) in [5, 5.41) is 0. The average molecular weight is 499 g/mol. The van der Waals surface area contributed by atoms with Gasteiger partial charge in [0, 0.05) is 23.3 Å². The van der Waals surface area contributed by atoms with Crippen molar-refractivity contribution >= 4 is 36.2 Å². The van der Waals surface area contributed by atoms with Gasteiger partial charge in [-0.05, 0) is 47.9 Å². The van der Waals surface area contributed by atoms with Crippen molar-refractivity contribution in [1.29, 1.82) is 0 Å². The third-order valence-corrected chi connectivity index (χ3v) is 5.03. The molecule has 3 aromatic rings. The number of halogens is 1. The van der Waals surface area contributed by atoms with Gasteiger partial charge in [-0.25, -0.2) is 14.0 Å². The number of carbonyl (C=O) groups is 2. The van der Waals surface area contributed by atoms with Crippen LogP contribution in [-0.2, 0) is 14.3 Å². The molecule has 0 atom stereocenters. The Labute approximate surface area is 215 Å². The molecule has 0 aliphatic carbocycles. The molecule has 0 aliphatic rings. The van der Waals surface area contributed by atoms with Crippen LogP contribution in [0.5, 0.6) is 11.5 Å². The molecular weight excluding hydrogens is 471 g/mol. The summed E-state index contributed by atoms with van der Waals surface area (Å²) in [6, 6.07) is 19.6. The van der Waals surface area contributed by atoms with E-state index < -0.39 is 17.8 Å². The normalized spacial score (nSPS) is 10.9. The summed E-state index contributed by atoms with van der Waals surface area (Å²) in [5.41, 5.74) is 3.66. The van der Waals surface area contributed by atoms with E-state index in [9.17, 15) is 14.0 Å². The molecule has 3 rings (SSSR count). The molecule has 0 saturated carbocycles. The van der Waals surface area contributed by atoms with Gasteiger partial charge in [0.05, 0.1) is 0 Å². The molecule has 0 fully saturated rings. The number of benzene rings is 3. The van der Waals surface area contributed by atoms with Crippen molar-refractivity contribution in [3.8, 4) is 11.5 Å². The summed E-state index contributed by atoms with van der Waals surface area (Å²) < 4.78 is 29.8. The minimum Gasteiger partial charge on any atom is -0.490 e. The summed E-state index contributed by atoms with van der Waals surface area (Å²) in [7, 11) is 0. The molecule has 0 aromatic heterocycles. The molecule has 3 aromatic carbocycles. The maximum atomic E-state index is 14.3. The Balaban J connectivity index is 1.51. The summed E-state index contributed by atoms with van der Waals surface area (Å²) in [6.07, 6.45) is 8.46.